The molecule has 1 rings (SSSR count). The molecule has 0 bridgehead atoms. The van der Waals surface area contributed by atoms with Crippen LogP contribution in [0.25, 0.3) is 0 Å². The Morgan fingerprint density at radius 3 is 2.50 bits per heavy atom. The van der Waals surface area contributed by atoms with E-state index < -0.39 is 29.1 Å². The monoisotopic (exact) mass is 258 g/mol. The Hall–Kier alpha value is -2.02. The Morgan fingerprint density at radius 2 is 1.94 bits per heavy atom. The number of halogens is 2. The lowest BCUT2D eigenvalue weighted by atomic mass is 10.1. The molecule has 0 heterocycles. The molecule has 0 aliphatic rings. The first kappa shape index (κ1) is 14.0. The van der Waals surface area contributed by atoms with Crippen LogP contribution in [0.4, 0.5) is 14.5 Å². The van der Waals surface area contributed by atoms with Crippen LogP contribution in [0.5, 0.6) is 0 Å². The fourth-order valence-corrected chi connectivity index (χ4v) is 1.26. The van der Waals surface area contributed by atoms with Crippen molar-refractivity contribution in [3.8, 4) is 0 Å². The molecule has 98 valence electrons. The average Bonchev–Trinajstić information content (AvgIpc) is 2.29. The molecule has 5 nitrogen and oxygen atoms in total. The van der Waals surface area contributed by atoms with Gasteiger partial charge in [-0.1, -0.05) is 0 Å². The molecule has 0 spiro atoms. The minimum Gasteiger partial charge on any atom is -0.478 e. The number of carbonyl (C=O) groups excluding carboxylic acids is 1. The number of hydrogen-bond donors (Lipinski definition) is 3. The SMILES string of the molecule is CNCCC(=O)Nc1cc(C(=O)O)c(F)cc1F. The maximum Gasteiger partial charge on any atom is 0.338 e. The van der Waals surface area contributed by atoms with Gasteiger partial charge in [0.25, 0.3) is 0 Å². The van der Waals surface area contributed by atoms with E-state index in [4.69, 9.17) is 5.11 Å². The summed E-state index contributed by atoms with van der Waals surface area (Å²) in [5.74, 6) is -4.23. The second-order valence-corrected chi connectivity index (χ2v) is 3.52. The number of benzene rings is 1. The predicted molar refractivity (Wildman–Crippen MR) is 60.5 cm³/mol. The van der Waals surface area contributed by atoms with Crippen molar-refractivity contribution in [1.29, 1.82) is 0 Å². The van der Waals surface area contributed by atoms with Gasteiger partial charge in [0, 0.05) is 19.0 Å². The van der Waals surface area contributed by atoms with Crippen LogP contribution in [-0.4, -0.2) is 30.6 Å². The summed E-state index contributed by atoms with van der Waals surface area (Å²) >= 11 is 0. The van der Waals surface area contributed by atoms with Crippen LogP contribution >= 0.6 is 0 Å². The number of hydrogen-bond acceptors (Lipinski definition) is 3. The highest BCUT2D eigenvalue weighted by Gasteiger charge is 2.16. The van der Waals surface area contributed by atoms with Crippen molar-refractivity contribution in [3.05, 3.63) is 29.3 Å². The number of carbonyl (C=O) groups is 2. The zero-order valence-electron chi connectivity index (χ0n) is 9.59. The van der Waals surface area contributed by atoms with E-state index in [0.717, 1.165) is 6.07 Å². The maximum atomic E-state index is 13.3. The lowest BCUT2D eigenvalue weighted by Crippen LogP contribution is -2.19. The third kappa shape index (κ3) is 3.49. The number of carboxylic acids is 1. The molecule has 0 saturated carbocycles. The van der Waals surface area contributed by atoms with E-state index in [0.29, 0.717) is 12.6 Å². The first-order valence-electron chi connectivity index (χ1n) is 5.12. The van der Waals surface area contributed by atoms with Crippen molar-refractivity contribution in [2.24, 2.45) is 0 Å². The van der Waals surface area contributed by atoms with Crippen LogP contribution in [0.15, 0.2) is 12.1 Å². The van der Waals surface area contributed by atoms with Crippen LogP contribution in [-0.2, 0) is 4.79 Å². The summed E-state index contributed by atoms with van der Waals surface area (Å²) in [6, 6.07) is 1.18. The molecule has 0 radical (unpaired) electrons. The maximum absolute atomic E-state index is 13.3. The van der Waals surface area contributed by atoms with Gasteiger partial charge in [-0.3, -0.25) is 4.79 Å². The molecular weight excluding hydrogens is 246 g/mol. The van der Waals surface area contributed by atoms with E-state index in [1.807, 2.05) is 0 Å². The van der Waals surface area contributed by atoms with Gasteiger partial charge in [-0.05, 0) is 13.1 Å². The third-order valence-corrected chi connectivity index (χ3v) is 2.16. The second-order valence-electron chi connectivity index (χ2n) is 3.52. The molecular formula is C11H12F2N2O3. The second kappa shape index (κ2) is 6.06. The zero-order valence-corrected chi connectivity index (χ0v) is 9.59. The number of aromatic carboxylic acids is 1. The molecule has 18 heavy (non-hydrogen) atoms. The van der Waals surface area contributed by atoms with Crippen molar-refractivity contribution in [3.63, 3.8) is 0 Å². The molecule has 0 atom stereocenters. The first-order chi connectivity index (χ1) is 8.45. The highest BCUT2D eigenvalue weighted by molar-refractivity contribution is 5.94. The Kier molecular flexibility index (Phi) is 4.73. The van der Waals surface area contributed by atoms with Crippen molar-refractivity contribution in [1.82, 2.24) is 5.32 Å². The largest absolute Gasteiger partial charge is 0.478 e. The van der Waals surface area contributed by atoms with Gasteiger partial charge in [0.2, 0.25) is 5.91 Å². The Morgan fingerprint density at radius 1 is 1.28 bits per heavy atom. The van der Waals surface area contributed by atoms with E-state index in [1.54, 1.807) is 7.05 Å². The fraction of sp³-hybridized carbons (Fsp3) is 0.273. The number of rotatable bonds is 5. The lowest BCUT2D eigenvalue weighted by Gasteiger charge is -2.08. The summed E-state index contributed by atoms with van der Waals surface area (Å²) in [6.45, 7) is 0.389. The van der Waals surface area contributed by atoms with E-state index in [9.17, 15) is 18.4 Å². The highest BCUT2D eigenvalue weighted by Crippen LogP contribution is 2.19. The molecule has 0 aromatic heterocycles. The predicted octanol–water partition coefficient (Wildman–Crippen LogP) is 1.21. The van der Waals surface area contributed by atoms with Gasteiger partial charge in [-0.25, -0.2) is 13.6 Å². The Bertz CT molecular complexity index is 478. The number of nitrogens with one attached hydrogen (secondary N) is 2. The summed E-state index contributed by atoms with van der Waals surface area (Å²) in [4.78, 5) is 22.0. The summed E-state index contributed by atoms with van der Waals surface area (Å²) in [5.41, 5.74) is -1.05. The van der Waals surface area contributed by atoms with Gasteiger partial charge in [-0.2, -0.15) is 0 Å². The Balaban J connectivity index is 2.92. The van der Waals surface area contributed by atoms with Crippen molar-refractivity contribution in [2.45, 2.75) is 6.42 Å². The van der Waals surface area contributed by atoms with Crippen LogP contribution < -0.4 is 10.6 Å². The van der Waals surface area contributed by atoms with E-state index in [1.165, 1.54) is 0 Å². The van der Waals surface area contributed by atoms with Gasteiger partial charge >= 0.3 is 5.97 Å². The van der Waals surface area contributed by atoms with Crippen LogP contribution in [0.2, 0.25) is 0 Å². The van der Waals surface area contributed by atoms with E-state index in [2.05, 4.69) is 10.6 Å². The molecule has 0 unspecified atom stereocenters. The number of carboxylic acid groups (broad SMARTS) is 1. The fourth-order valence-electron chi connectivity index (χ4n) is 1.26. The molecule has 0 aliphatic heterocycles. The molecule has 1 amide bonds. The van der Waals surface area contributed by atoms with Crippen molar-refractivity contribution >= 4 is 17.6 Å². The minimum atomic E-state index is -1.53. The molecule has 0 aliphatic carbocycles. The lowest BCUT2D eigenvalue weighted by molar-refractivity contribution is -0.116. The topological polar surface area (TPSA) is 78.4 Å². The van der Waals surface area contributed by atoms with E-state index >= 15 is 0 Å². The average molecular weight is 258 g/mol. The zero-order chi connectivity index (χ0) is 13.7. The normalized spacial score (nSPS) is 10.2. The standard InChI is InChI=1S/C11H12F2N2O3/c1-14-3-2-10(16)15-9-4-6(11(17)18)7(12)5-8(9)13/h4-5,14H,2-3H2,1H3,(H,15,16)(H,17,18). The molecule has 0 fully saturated rings. The summed E-state index contributed by atoms with van der Waals surface area (Å²) in [7, 11) is 1.65. The number of anilines is 1. The molecule has 0 saturated heterocycles. The number of amides is 1. The Labute approximate surface area is 102 Å². The van der Waals surface area contributed by atoms with Crippen molar-refractivity contribution in [2.75, 3.05) is 18.9 Å². The van der Waals surface area contributed by atoms with Gasteiger partial charge in [0.1, 0.15) is 11.6 Å². The van der Waals surface area contributed by atoms with Gasteiger partial charge < -0.3 is 15.7 Å². The van der Waals surface area contributed by atoms with Crippen molar-refractivity contribution < 1.29 is 23.5 Å². The third-order valence-electron chi connectivity index (χ3n) is 2.16. The van der Waals surface area contributed by atoms with Gasteiger partial charge in [0.05, 0.1) is 11.3 Å². The first-order valence-corrected chi connectivity index (χ1v) is 5.12. The van der Waals surface area contributed by atoms with Crippen LogP contribution in [0, 0.1) is 11.6 Å². The summed E-state index contributed by atoms with van der Waals surface area (Å²) < 4.78 is 26.4. The minimum absolute atomic E-state index is 0.0930. The molecule has 1 aromatic carbocycles. The highest BCUT2D eigenvalue weighted by atomic mass is 19.1. The van der Waals surface area contributed by atoms with E-state index in [-0.39, 0.29) is 12.1 Å². The molecule has 7 heteroatoms. The summed E-state index contributed by atoms with van der Waals surface area (Å²) in [5, 5.41) is 13.6. The van der Waals surface area contributed by atoms with Gasteiger partial charge in [0.15, 0.2) is 0 Å². The smallest absolute Gasteiger partial charge is 0.338 e. The summed E-state index contributed by atoms with van der Waals surface area (Å²) in [6.07, 6.45) is 0.0930. The molecule has 3 N–H and O–H groups in total. The van der Waals surface area contributed by atoms with Gasteiger partial charge in [-0.15, -0.1) is 0 Å². The molecule has 1 aromatic rings. The quantitative estimate of drug-likeness (QED) is 0.741. The van der Waals surface area contributed by atoms with Crippen LogP contribution in [0.3, 0.4) is 0 Å². The van der Waals surface area contributed by atoms with Crippen LogP contribution in [0.1, 0.15) is 16.8 Å².